The van der Waals surface area contributed by atoms with E-state index in [1.54, 1.807) is 11.1 Å². The summed E-state index contributed by atoms with van der Waals surface area (Å²) in [6.07, 6.45) is 4.07. The highest BCUT2D eigenvalue weighted by Gasteiger charge is 2.39. The van der Waals surface area contributed by atoms with Crippen molar-refractivity contribution in [3.05, 3.63) is 40.3 Å². The lowest BCUT2D eigenvalue weighted by atomic mass is 9.85. The maximum absolute atomic E-state index is 6.05. The third kappa shape index (κ3) is 1.56. The molecule has 2 aliphatic rings. The zero-order valence-corrected chi connectivity index (χ0v) is 12.1. The lowest BCUT2D eigenvalue weighted by Crippen LogP contribution is -2.12. The number of aryl methyl sites for hydroxylation is 1. The molecule has 98 valence electrons. The first-order chi connectivity index (χ1) is 9.29. The predicted molar refractivity (Wildman–Crippen MR) is 83.4 cm³/mol. The van der Waals surface area contributed by atoms with Crippen LogP contribution in [0.25, 0.3) is 15.7 Å². The van der Waals surface area contributed by atoms with Crippen molar-refractivity contribution in [1.29, 1.82) is 0 Å². The first-order valence-corrected chi connectivity index (χ1v) is 8.07. The number of hydrogen-bond acceptors (Lipinski definition) is 2. The summed E-state index contributed by atoms with van der Waals surface area (Å²) in [6, 6.07) is 6.76. The van der Waals surface area contributed by atoms with E-state index < -0.39 is 0 Å². The summed E-state index contributed by atoms with van der Waals surface area (Å²) >= 11 is 1.86. The minimum atomic E-state index is 0.746. The summed E-state index contributed by atoms with van der Waals surface area (Å²) in [6.45, 7) is 2.98. The van der Waals surface area contributed by atoms with Crippen LogP contribution in [0.4, 0.5) is 0 Å². The molecule has 0 amide bonds. The minimum absolute atomic E-state index is 0.746. The van der Waals surface area contributed by atoms with Gasteiger partial charge < -0.3 is 5.73 Å². The molecule has 1 nitrogen and oxygen atoms in total. The number of nitrogens with two attached hydrogens (primary N) is 1. The Balaban J connectivity index is 2.00. The first-order valence-electron chi connectivity index (χ1n) is 7.19. The molecular formula is C17H19NS. The molecule has 1 aromatic carbocycles. The Morgan fingerprint density at radius 3 is 2.95 bits per heavy atom. The van der Waals surface area contributed by atoms with Crippen LogP contribution in [-0.2, 0) is 0 Å². The van der Waals surface area contributed by atoms with Crippen molar-refractivity contribution in [3.8, 4) is 0 Å². The van der Waals surface area contributed by atoms with Gasteiger partial charge in [0.2, 0.25) is 0 Å². The van der Waals surface area contributed by atoms with Crippen molar-refractivity contribution in [2.24, 2.45) is 17.6 Å². The summed E-state index contributed by atoms with van der Waals surface area (Å²) in [7, 11) is 0. The summed E-state index contributed by atoms with van der Waals surface area (Å²) in [4.78, 5) is 0. The van der Waals surface area contributed by atoms with Gasteiger partial charge >= 0.3 is 0 Å². The highest BCUT2D eigenvalue weighted by Crippen LogP contribution is 2.53. The van der Waals surface area contributed by atoms with Crippen LogP contribution in [0.15, 0.2) is 29.2 Å². The van der Waals surface area contributed by atoms with E-state index in [1.165, 1.54) is 40.5 Å². The minimum Gasteiger partial charge on any atom is -0.327 e. The number of hydrogen-bond donors (Lipinski definition) is 1. The lowest BCUT2D eigenvalue weighted by molar-refractivity contribution is 0.646. The molecule has 0 radical (unpaired) electrons. The smallest absolute Gasteiger partial charge is 0.0351 e. The van der Waals surface area contributed by atoms with Crippen LogP contribution >= 0.6 is 11.3 Å². The van der Waals surface area contributed by atoms with Crippen molar-refractivity contribution in [2.45, 2.75) is 26.2 Å². The predicted octanol–water partition coefficient (Wildman–Crippen LogP) is 4.35. The summed E-state index contributed by atoms with van der Waals surface area (Å²) in [5, 5.41) is 3.75. The van der Waals surface area contributed by atoms with Gasteiger partial charge in [0, 0.05) is 16.6 Å². The third-order valence-electron chi connectivity index (χ3n) is 4.97. The van der Waals surface area contributed by atoms with Crippen molar-refractivity contribution in [1.82, 2.24) is 0 Å². The Morgan fingerprint density at radius 2 is 2.11 bits per heavy atom. The lowest BCUT2D eigenvalue weighted by Gasteiger charge is -2.20. The van der Waals surface area contributed by atoms with E-state index in [2.05, 4.69) is 30.5 Å². The topological polar surface area (TPSA) is 26.0 Å². The normalized spacial score (nSPS) is 25.8. The molecule has 2 aromatic rings. The van der Waals surface area contributed by atoms with E-state index in [-0.39, 0.29) is 0 Å². The second kappa shape index (κ2) is 4.19. The van der Waals surface area contributed by atoms with Crippen LogP contribution in [0.1, 0.15) is 30.4 Å². The molecule has 2 aliphatic carbocycles. The number of benzene rings is 1. The fourth-order valence-corrected chi connectivity index (χ4v) is 5.15. The van der Waals surface area contributed by atoms with E-state index >= 15 is 0 Å². The van der Waals surface area contributed by atoms with Gasteiger partial charge in [-0.25, -0.2) is 0 Å². The zero-order chi connectivity index (χ0) is 13.0. The van der Waals surface area contributed by atoms with Gasteiger partial charge in [-0.05, 0) is 71.7 Å². The van der Waals surface area contributed by atoms with E-state index in [0.717, 1.165) is 18.4 Å². The summed E-state index contributed by atoms with van der Waals surface area (Å²) in [5.41, 5.74) is 12.1. The van der Waals surface area contributed by atoms with Gasteiger partial charge in [0.15, 0.2) is 0 Å². The Kier molecular flexibility index (Phi) is 2.58. The highest BCUT2D eigenvalue weighted by atomic mass is 32.1. The van der Waals surface area contributed by atoms with Crippen molar-refractivity contribution < 1.29 is 0 Å². The van der Waals surface area contributed by atoms with Crippen LogP contribution in [0.3, 0.4) is 0 Å². The molecule has 0 saturated heterocycles. The Labute approximate surface area is 118 Å². The quantitative estimate of drug-likeness (QED) is 0.861. The van der Waals surface area contributed by atoms with Gasteiger partial charge in [-0.15, -0.1) is 11.3 Å². The van der Waals surface area contributed by atoms with Crippen LogP contribution in [-0.4, -0.2) is 6.54 Å². The highest BCUT2D eigenvalue weighted by molar-refractivity contribution is 7.17. The van der Waals surface area contributed by atoms with E-state index in [0.29, 0.717) is 0 Å². The third-order valence-corrected chi connectivity index (χ3v) is 6.04. The molecule has 19 heavy (non-hydrogen) atoms. The van der Waals surface area contributed by atoms with E-state index in [9.17, 15) is 0 Å². The van der Waals surface area contributed by atoms with Gasteiger partial charge in [0.1, 0.15) is 0 Å². The Bertz CT molecular complexity index is 680. The van der Waals surface area contributed by atoms with E-state index in [1.807, 2.05) is 11.3 Å². The van der Waals surface area contributed by atoms with Gasteiger partial charge in [-0.3, -0.25) is 0 Å². The molecule has 1 saturated carbocycles. The fraction of sp³-hybridized carbons (Fsp3) is 0.412. The standard InChI is InChI=1S/C17H19NS/c1-10-9-19-15-4-2-3-13(16(10)15)17-12-6-5-11(7-12)14(17)8-18/h2-4,9,11-12H,5-8,18H2,1H3. The zero-order valence-electron chi connectivity index (χ0n) is 11.3. The molecule has 2 N–H and O–H groups in total. The number of allylic oxidation sites excluding steroid dienone is 1. The average Bonchev–Trinajstić information content (AvgIpc) is 3.12. The first kappa shape index (κ1) is 11.7. The fourth-order valence-electron chi connectivity index (χ4n) is 4.18. The molecule has 2 bridgehead atoms. The van der Waals surface area contributed by atoms with Gasteiger partial charge in [-0.1, -0.05) is 12.1 Å². The molecular weight excluding hydrogens is 250 g/mol. The van der Waals surface area contributed by atoms with Crippen LogP contribution in [0, 0.1) is 18.8 Å². The molecule has 2 unspecified atom stereocenters. The van der Waals surface area contributed by atoms with Crippen LogP contribution in [0.5, 0.6) is 0 Å². The molecule has 2 atom stereocenters. The Hall–Kier alpha value is -1.12. The average molecular weight is 269 g/mol. The number of rotatable bonds is 2. The molecule has 1 heterocycles. The SMILES string of the molecule is Cc1csc2cccc(C3=C(CN)C4CCC3C4)c12. The molecule has 1 fully saturated rings. The van der Waals surface area contributed by atoms with Gasteiger partial charge in [0.05, 0.1) is 0 Å². The molecule has 0 aliphatic heterocycles. The maximum atomic E-state index is 6.05. The van der Waals surface area contributed by atoms with Gasteiger partial charge in [-0.2, -0.15) is 0 Å². The number of fused-ring (bicyclic) bond motifs is 3. The second-order valence-corrected chi connectivity index (χ2v) is 6.86. The summed E-state index contributed by atoms with van der Waals surface area (Å²) in [5.74, 6) is 1.55. The number of thiophene rings is 1. The Morgan fingerprint density at radius 1 is 1.26 bits per heavy atom. The monoisotopic (exact) mass is 269 g/mol. The molecule has 4 rings (SSSR count). The van der Waals surface area contributed by atoms with Crippen molar-refractivity contribution >= 4 is 27.0 Å². The van der Waals surface area contributed by atoms with Crippen LogP contribution in [0.2, 0.25) is 0 Å². The second-order valence-electron chi connectivity index (χ2n) is 5.95. The molecule has 1 aromatic heterocycles. The van der Waals surface area contributed by atoms with Crippen molar-refractivity contribution in [2.75, 3.05) is 6.54 Å². The largest absolute Gasteiger partial charge is 0.327 e. The molecule has 2 heteroatoms. The molecule has 0 spiro atoms. The van der Waals surface area contributed by atoms with E-state index in [4.69, 9.17) is 5.73 Å². The van der Waals surface area contributed by atoms with Gasteiger partial charge in [0.25, 0.3) is 0 Å². The maximum Gasteiger partial charge on any atom is 0.0351 e. The summed E-state index contributed by atoms with van der Waals surface area (Å²) < 4.78 is 1.42. The van der Waals surface area contributed by atoms with Crippen molar-refractivity contribution in [3.63, 3.8) is 0 Å². The van der Waals surface area contributed by atoms with Crippen LogP contribution < -0.4 is 5.73 Å².